The van der Waals surface area contributed by atoms with E-state index in [-0.39, 0.29) is 5.91 Å². The van der Waals surface area contributed by atoms with E-state index in [1.807, 2.05) is 44.3 Å². The van der Waals surface area contributed by atoms with E-state index in [2.05, 4.69) is 20.6 Å². The third-order valence-corrected chi connectivity index (χ3v) is 5.57. The number of nitrogens with zero attached hydrogens (tertiary/aromatic N) is 1. The molecule has 0 bridgehead atoms. The first-order valence-corrected chi connectivity index (χ1v) is 9.77. The normalized spacial score (nSPS) is 16.1. The van der Waals surface area contributed by atoms with Crippen LogP contribution >= 0.6 is 11.6 Å². The minimum absolute atomic E-state index is 0.165. The van der Waals surface area contributed by atoms with E-state index < -0.39 is 0 Å². The van der Waals surface area contributed by atoms with Crippen LogP contribution < -0.4 is 15.4 Å². The maximum absolute atomic E-state index is 12.6. The van der Waals surface area contributed by atoms with Crippen molar-refractivity contribution >= 4 is 40.5 Å². The lowest BCUT2D eigenvalue weighted by molar-refractivity contribution is -0.110. The molecule has 0 fully saturated rings. The van der Waals surface area contributed by atoms with Gasteiger partial charge in [-0.05, 0) is 54.8 Å². The molecule has 0 saturated heterocycles. The van der Waals surface area contributed by atoms with Crippen LogP contribution in [0.25, 0.3) is 22.8 Å². The third kappa shape index (κ3) is 2.96. The van der Waals surface area contributed by atoms with Gasteiger partial charge in [0, 0.05) is 35.8 Å². The summed E-state index contributed by atoms with van der Waals surface area (Å²) in [4.78, 5) is 20.2. The van der Waals surface area contributed by atoms with E-state index in [9.17, 15) is 4.79 Å². The van der Waals surface area contributed by atoms with E-state index in [1.165, 1.54) is 0 Å². The number of nitrogens with one attached hydrogen (secondary N) is 3. The molecule has 2 aliphatic rings. The van der Waals surface area contributed by atoms with Gasteiger partial charge in [0.25, 0.3) is 5.91 Å². The largest absolute Gasteiger partial charge is 0.474 e. The molecule has 1 amide bonds. The molecule has 1 aromatic carbocycles. The van der Waals surface area contributed by atoms with Gasteiger partial charge in [0.15, 0.2) is 0 Å². The molecule has 5 rings (SSSR count). The summed E-state index contributed by atoms with van der Waals surface area (Å²) in [5.74, 6) is 0.450. The Labute approximate surface area is 173 Å². The fourth-order valence-electron chi connectivity index (χ4n) is 3.82. The van der Waals surface area contributed by atoms with Crippen LogP contribution in [0.5, 0.6) is 5.88 Å². The number of carbonyl (C=O) groups excluding carboxylic acids is 1. The molecule has 3 N–H and O–H groups in total. The summed E-state index contributed by atoms with van der Waals surface area (Å²) in [7, 11) is 0. The number of pyridine rings is 1. The minimum atomic E-state index is -0.165. The van der Waals surface area contributed by atoms with Crippen molar-refractivity contribution in [2.75, 3.05) is 23.8 Å². The molecule has 4 heterocycles. The van der Waals surface area contributed by atoms with Gasteiger partial charge in [-0.25, -0.2) is 4.98 Å². The highest BCUT2D eigenvalue weighted by atomic mass is 35.5. The summed E-state index contributed by atoms with van der Waals surface area (Å²) in [6.45, 7) is 5.37. The van der Waals surface area contributed by atoms with Crippen LogP contribution in [0.2, 0.25) is 5.02 Å². The Morgan fingerprint density at radius 3 is 2.83 bits per heavy atom. The van der Waals surface area contributed by atoms with E-state index in [4.69, 9.17) is 16.3 Å². The monoisotopic (exact) mass is 406 g/mol. The first kappa shape index (κ1) is 17.8. The molecule has 7 heteroatoms. The Morgan fingerprint density at radius 2 is 2.03 bits per heavy atom. The molecule has 2 aromatic heterocycles. The highest BCUT2D eigenvalue weighted by Gasteiger charge is 2.28. The first-order valence-electron chi connectivity index (χ1n) is 9.40. The molecule has 6 nitrogen and oxygen atoms in total. The Morgan fingerprint density at radius 1 is 1.17 bits per heavy atom. The third-order valence-electron chi connectivity index (χ3n) is 5.27. The van der Waals surface area contributed by atoms with Crippen LogP contribution in [-0.2, 0) is 4.79 Å². The Kier molecular flexibility index (Phi) is 4.10. The lowest BCUT2D eigenvalue weighted by Crippen LogP contribution is -2.20. The van der Waals surface area contributed by atoms with Crippen molar-refractivity contribution in [3.63, 3.8) is 0 Å². The zero-order chi connectivity index (χ0) is 20.1. The first-order chi connectivity index (χ1) is 14.0. The molecule has 0 aliphatic carbocycles. The standard InChI is InChI=1S/C22H19ClN4O2/c1-11-5-14(25-9-11)8-16-15-6-13(7-18(23)20(15)27-21(16)28)17-10-26-22-19(12(17)2)24-3-4-29-22/h5-10,24-25H,3-4H2,1-2H3,(H,27,28)/b16-8-. The predicted molar refractivity (Wildman–Crippen MR) is 115 cm³/mol. The number of ether oxygens (including phenoxy) is 1. The number of hydrogen-bond donors (Lipinski definition) is 3. The maximum Gasteiger partial charge on any atom is 0.256 e. The summed E-state index contributed by atoms with van der Waals surface area (Å²) < 4.78 is 5.63. The van der Waals surface area contributed by atoms with Crippen LogP contribution in [0.4, 0.5) is 11.4 Å². The molecule has 3 aromatic rings. The summed E-state index contributed by atoms with van der Waals surface area (Å²) in [6, 6.07) is 5.84. The topological polar surface area (TPSA) is 79.0 Å². The van der Waals surface area contributed by atoms with Crippen LogP contribution in [0.15, 0.2) is 30.6 Å². The van der Waals surface area contributed by atoms with Crippen molar-refractivity contribution in [1.29, 1.82) is 0 Å². The zero-order valence-corrected chi connectivity index (χ0v) is 16.8. The number of carbonyl (C=O) groups is 1. The number of fused-ring (bicyclic) bond motifs is 2. The number of aryl methyl sites for hydroxylation is 1. The van der Waals surface area contributed by atoms with Crippen LogP contribution in [0.3, 0.4) is 0 Å². The van der Waals surface area contributed by atoms with Gasteiger partial charge in [0.2, 0.25) is 5.88 Å². The molecule has 29 heavy (non-hydrogen) atoms. The lowest BCUT2D eigenvalue weighted by atomic mass is 9.96. The number of halogens is 1. The number of benzene rings is 1. The van der Waals surface area contributed by atoms with Crippen molar-refractivity contribution in [2.24, 2.45) is 0 Å². The summed E-state index contributed by atoms with van der Waals surface area (Å²) >= 11 is 6.55. The number of aromatic nitrogens is 2. The summed E-state index contributed by atoms with van der Waals surface area (Å²) in [5.41, 5.74) is 7.76. The van der Waals surface area contributed by atoms with Crippen molar-refractivity contribution in [1.82, 2.24) is 9.97 Å². The van der Waals surface area contributed by atoms with Gasteiger partial charge in [-0.2, -0.15) is 0 Å². The molecule has 0 radical (unpaired) electrons. The molecule has 0 atom stereocenters. The molecule has 146 valence electrons. The van der Waals surface area contributed by atoms with Gasteiger partial charge in [-0.1, -0.05) is 11.6 Å². The second-order valence-corrected chi connectivity index (χ2v) is 7.68. The van der Waals surface area contributed by atoms with Crippen molar-refractivity contribution in [3.8, 4) is 17.0 Å². The van der Waals surface area contributed by atoms with Gasteiger partial charge >= 0.3 is 0 Å². The smallest absolute Gasteiger partial charge is 0.256 e. The van der Waals surface area contributed by atoms with Gasteiger partial charge in [-0.15, -0.1) is 0 Å². The van der Waals surface area contributed by atoms with Crippen LogP contribution in [0, 0.1) is 13.8 Å². The molecule has 0 saturated carbocycles. The van der Waals surface area contributed by atoms with E-state index in [0.29, 0.717) is 28.8 Å². The molecular formula is C22H19ClN4O2. The molecular weight excluding hydrogens is 388 g/mol. The highest BCUT2D eigenvalue weighted by molar-refractivity contribution is 6.41. The van der Waals surface area contributed by atoms with Crippen molar-refractivity contribution < 1.29 is 9.53 Å². The minimum Gasteiger partial charge on any atom is -0.474 e. The average molecular weight is 407 g/mol. The Balaban J connectivity index is 1.65. The number of anilines is 2. The zero-order valence-electron chi connectivity index (χ0n) is 16.0. The number of hydrogen-bond acceptors (Lipinski definition) is 4. The second-order valence-electron chi connectivity index (χ2n) is 7.28. The molecule has 0 spiro atoms. The number of H-pyrrole nitrogens is 1. The molecule has 0 unspecified atom stereocenters. The highest BCUT2D eigenvalue weighted by Crippen LogP contribution is 2.43. The summed E-state index contributed by atoms with van der Waals surface area (Å²) in [6.07, 6.45) is 5.55. The number of aromatic amines is 1. The van der Waals surface area contributed by atoms with Gasteiger partial charge in [-0.3, -0.25) is 4.79 Å². The number of amides is 1. The van der Waals surface area contributed by atoms with Gasteiger partial charge in [0.05, 0.1) is 16.3 Å². The Bertz CT molecular complexity index is 1200. The SMILES string of the molecule is Cc1c[nH]c(/C=C2\C(=O)Nc3c(Cl)cc(-c4cnc5c(c4C)NCCO5)cc32)c1. The van der Waals surface area contributed by atoms with Crippen molar-refractivity contribution in [3.05, 3.63) is 58.0 Å². The lowest BCUT2D eigenvalue weighted by Gasteiger charge is -2.21. The van der Waals surface area contributed by atoms with Crippen molar-refractivity contribution in [2.45, 2.75) is 13.8 Å². The summed E-state index contributed by atoms with van der Waals surface area (Å²) in [5, 5.41) is 6.74. The Hall–Kier alpha value is -3.25. The predicted octanol–water partition coefficient (Wildman–Crippen LogP) is 4.64. The fourth-order valence-corrected chi connectivity index (χ4v) is 4.09. The van der Waals surface area contributed by atoms with Gasteiger partial charge in [0.1, 0.15) is 12.3 Å². The maximum atomic E-state index is 12.6. The van der Waals surface area contributed by atoms with Gasteiger partial charge < -0.3 is 20.4 Å². The van der Waals surface area contributed by atoms with E-state index in [1.54, 1.807) is 6.20 Å². The van der Waals surface area contributed by atoms with E-state index in [0.717, 1.165) is 45.7 Å². The van der Waals surface area contributed by atoms with Crippen LogP contribution in [0.1, 0.15) is 22.4 Å². The molecule has 2 aliphatic heterocycles. The quantitative estimate of drug-likeness (QED) is 0.541. The van der Waals surface area contributed by atoms with Crippen LogP contribution in [-0.4, -0.2) is 29.0 Å². The number of rotatable bonds is 2. The van der Waals surface area contributed by atoms with E-state index >= 15 is 0 Å². The second kappa shape index (κ2) is 6.67. The average Bonchev–Trinajstić information content (AvgIpc) is 3.26. The fraction of sp³-hybridized carbons (Fsp3) is 0.182.